The van der Waals surface area contributed by atoms with Gasteiger partial charge in [0.05, 0.1) is 12.2 Å². The van der Waals surface area contributed by atoms with Crippen molar-refractivity contribution in [1.82, 2.24) is 29.6 Å². The fraction of sp³-hybridized carbons (Fsp3) is 0.278. The number of nitrogens with one attached hydrogen (secondary N) is 1. The molecule has 1 N–H and O–H groups in total. The van der Waals surface area contributed by atoms with E-state index in [2.05, 4.69) is 20.1 Å². The molecule has 0 atom stereocenters. The summed E-state index contributed by atoms with van der Waals surface area (Å²) in [6.45, 7) is 3.43. The summed E-state index contributed by atoms with van der Waals surface area (Å²) in [4.78, 5) is 38.4. The smallest absolute Gasteiger partial charge is 0.274 e. The van der Waals surface area contributed by atoms with Crippen molar-refractivity contribution in [3.63, 3.8) is 0 Å². The van der Waals surface area contributed by atoms with Crippen LogP contribution in [0.15, 0.2) is 41.5 Å². The first kappa shape index (κ1) is 16.2. The Bertz CT molecular complexity index is 1010. The number of fused-ring (bicyclic) bond motifs is 1. The van der Waals surface area contributed by atoms with Gasteiger partial charge in [0.1, 0.15) is 11.4 Å². The number of aromatic nitrogens is 5. The number of nitrogens with zero attached hydrogens (tertiary/aromatic N) is 5. The first-order valence-electron chi connectivity index (χ1n) is 8.52. The number of carbonyl (C=O) groups is 1. The molecule has 132 valence electrons. The second-order valence-electron chi connectivity index (χ2n) is 6.09. The van der Waals surface area contributed by atoms with Gasteiger partial charge in [-0.2, -0.15) is 5.10 Å². The molecule has 0 bridgehead atoms. The highest BCUT2D eigenvalue weighted by molar-refractivity contribution is 5.92. The summed E-state index contributed by atoms with van der Waals surface area (Å²) >= 11 is 0. The van der Waals surface area contributed by atoms with Crippen LogP contribution in [0.4, 0.5) is 0 Å². The maximum absolute atomic E-state index is 12.7. The normalized spacial score (nSPS) is 13.5. The van der Waals surface area contributed by atoms with E-state index < -0.39 is 0 Å². The Hall–Kier alpha value is -3.29. The third-order valence-corrected chi connectivity index (χ3v) is 4.45. The van der Waals surface area contributed by atoms with Gasteiger partial charge in [-0.25, -0.2) is 4.98 Å². The molecule has 3 aromatic rings. The molecule has 0 unspecified atom stereocenters. The second-order valence-corrected chi connectivity index (χ2v) is 6.09. The number of amides is 1. The summed E-state index contributed by atoms with van der Waals surface area (Å²) in [5.41, 5.74) is 2.08. The number of carbonyl (C=O) groups excluding carboxylic acids is 1. The van der Waals surface area contributed by atoms with Crippen LogP contribution in [-0.2, 0) is 19.5 Å². The Kier molecular flexibility index (Phi) is 4.08. The minimum atomic E-state index is -0.169. The van der Waals surface area contributed by atoms with Crippen LogP contribution in [0.3, 0.4) is 0 Å². The molecule has 0 radical (unpaired) electrons. The molecule has 0 saturated carbocycles. The highest BCUT2D eigenvalue weighted by atomic mass is 16.2. The lowest BCUT2D eigenvalue weighted by atomic mass is 10.1. The van der Waals surface area contributed by atoms with Gasteiger partial charge in [-0.3, -0.25) is 19.3 Å². The topological polar surface area (TPSA) is 96.8 Å². The molecular formula is C18H18N6O2. The number of aryl methyl sites for hydroxylation is 1. The summed E-state index contributed by atoms with van der Waals surface area (Å²) in [6.07, 6.45) is 3.91. The quantitative estimate of drug-likeness (QED) is 0.767. The average Bonchev–Trinajstić information content (AvgIpc) is 3.17. The van der Waals surface area contributed by atoms with Gasteiger partial charge in [-0.15, -0.1) is 0 Å². The van der Waals surface area contributed by atoms with Crippen LogP contribution >= 0.6 is 0 Å². The van der Waals surface area contributed by atoms with Crippen LogP contribution in [0.1, 0.15) is 28.7 Å². The van der Waals surface area contributed by atoms with Crippen molar-refractivity contribution in [3.8, 4) is 11.5 Å². The summed E-state index contributed by atoms with van der Waals surface area (Å²) in [7, 11) is 0. The molecule has 8 nitrogen and oxygen atoms in total. The maximum Gasteiger partial charge on any atom is 0.274 e. The lowest BCUT2D eigenvalue weighted by Crippen LogP contribution is -2.39. The van der Waals surface area contributed by atoms with Crippen molar-refractivity contribution in [3.05, 3.63) is 64.0 Å². The predicted octanol–water partition coefficient (Wildman–Crippen LogP) is 1.25. The molecule has 1 aliphatic heterocycles. The first-order chi connectivity index (χ1) is 12.7. The number of H-pyrrole nitrogens is 1. The maximum atomic E-state index is 12.7. The average molecular weight is 350 g/mol. The van der Waals surface area contributed by atoms with Crippen LogP contribution in [-0.4, -0.2) is 42.1 Å². The third-order valence-electron chi connectivity index (χ3n) is 4.45. The van der Waals surface area contributed by atoms with E-state index in [1.807, 2.05) is 13.0 Å². The standard InChI is InChI=1S/C18H18N6O2/c1-2-24-10-7-14(22-24)18(26)23-9-6-12-15(11-23)20-16(21-17(12)25)13-5-3-4-8-19-13/h3-5,7-8,10H,2,6,9,11H2,1H3,(H,20,21,25). The van der Waals surface area contributed by atoms with Crippen LogP contribution in [0.2, 0.25) is 0 Å². The van der Waals surface area contributed by atoms with E-state index in [1.165, 1.54) is 0 Å². The van der Waals surface area contributed by atoms with Crippen molar-refractivity contribution in [2.45, 2.75) is 26.4 Å². The SMILES string of the molecule is CCn1ccc(C(=O)N2CCc3c(nc(-c4ccccn4)[nH]c3=O)C2)n1. The van der Waals surface area contributed by atoms with E-state index >= 15 is 0 Å². The van der Waals surface area contributed by atoms with E-state index in [-0.39, 0.29) is 18.0 Å². The van der Waals surface area contributed by atoms with Crippen molar-refractivity contribution in [2.24, 2.45) is 0 Å². The Morgan fingerprint density at radius 3 is 2.92 bits per heavy atom. The molecule has 3 aromatic heterocycles. The second kappa shape index (κ2) is 6.55. The van der Waals surface area contributed by atoms with Gasteiger partial charge in [0.15, 0.2) is 5.82 Å². The van der Waals surface area contributed by atoms with E-state index in [0.29, 0.717) is 48.0 Å². The van der Waals surface area contributed by atoms with Crippen LogP contribution < -0.4 is 5.56 Å². The summed E-state index contributed by atoms with van der Waals surface area (Å²) in [6, 6.07) is 7.14. The van der Waals surface area contributed by atoms with E-state index in [1.54, 1.807) is 40.2 Å². The Balaban J connectivity index is 1.64. The van der Waals surface area contributed by atoms with Gasteiger partial charge in [-0.05, 0) is 31.5 Å². The predicted molar refractivity (Wildman–Crippen MR) is 94.4 cm³/mol. The lowest BCUT2D eigenvalue weighted by Gasteiger charge is -2.27. The molecule has 0 aliphatic carbocycles. The number of aromatic amines is 1. The van der Waals surface area contributed by atoms with Gasteiger partial charge in [0.25, 0.3) is 11.5 Å². The lowest BCUT2D eigenvalue weighted by molar-refractivity contribution is 0.0724. The molecule has 0 fully saturated rings. The fourth-order valence-electron chi connectivity index (χ4n) is 3.05. The third kappa shape index (κ3) is 2.90. The molecule has 1 aliphatic rings. The van der Waals surface area contributed by atoms with Gasteiger partial charge in [0.2, 0.25) is 0 Å². The number of rotatable bonds is 3. The summed E-state index contributed by atoms with van der Waals surface area (Å²) in [5, 5.41) is 4.27. The minimum Gasteiger partial charge on any atom is -0.331 e. The van der Waals surface area contributed by atoms with E-state index in [9.17, 15) is 9.59 Å². The first-order valence-corrected chi connectivity index (χ1v) is 8.52. The number of pyridine rings is 1. The van der Waals surface area contributed by atoms with Gasteiger partial charge < -0.3 is 9.88 Å². The number of hydrogen-bond acceptors (Lipinski definition) is 5. The zero-order valence-corrected chi connectivity index (χ0v) is 14.3. The van der Waals surface area contributed by atoms with Crippen LogP contribution in [0.5, 0.6) is 0 Å². The number of hydrogen-bond donors (Lipinski definition) is 1. The van der Waals surface area contributed by atoms with Crippen LogP contribution in [0.25, 0.3) is 11.5 Å². The zero-order chi connectivity index (χ0) is 18.1. The molecule has 4 heterocycles. The molecular weight excluding hydrogens is 332 g/mol. The van der Waals surface area contributed by atoms with Crippen molar-refractivity contribution in [1.29, 1.82) is 0 Å². The Labute approximate surface area is 149 Å². The van der Waals surface area contributed by atoms with Gasteiger partial charge in [0, 0.05) is 31.0 Å². The highest BCUT2D eigenvalue weighted by Crippen LogP contribution is 2.18. The van der Waals surface area contributed by atoms with Crippen molar-refractivity contribution < 1.29 is 4.79 Å². The van der Waals surface area contributed by atoms with E-state index in [0.717, 1.165) is 0 Å². The molecule has 0 aromatic carbocycles. The molecule has 8 heteroatoms. The zero-order valence-electron chi connectivity index (χ0n) is 14.3. The Morgan fingerprint density at radius 2 is 2.19 bits per heavy atom. The van der Waals surface area contributed by atoms with Crippen molar-refractivity contribution >= 4 is 5.91 Å². The summed E-state index contributed by atoms with van der Waals surface area (Å²) < 4.78 is 1.72. The monoisotopic (exact) mass is 350 g/mol. The molecule has 0 spiro atoms. The highest BCUT2D eigenvalue weighted by Gasteiger charge is 2.26. The molecule has 1 amide bonds. The van der Waals surface area contributed by atoms with Gasteiger partial charge >= 0.3 is 0 Å². The largest absolute Gasteiger partial charge is 0.331 e. The van der Waals surface area contributed by atoms with Crippen LogP contribution in [0, 0.1) is 0 Å². The van der Waals surface area contributed by atoms with E-state index in [4.69, 9.17) is 0 Å². The molecule has 0 saturated heterocycles. The minimum absolute atomic E-state index is 0.149. The van der Waals surface area contributed by atoms with Gasteiger partial charge in [-0.1, -0.05) is 6.07 Å². The fourth-order valence-corrected chi connectivity index (χ4v) is 3.05. The molecule has 26 heavy (non-hydrogen) atoms. The molecule has 4 rings (SSSR count). The summed E-state index contributed by atoms with van der Waals surface area (Å²) in [5.74, 6) is 0.267. The van der Waals surface area contributed by atoms with Crippen molar-refractivity contribution in [2.75, 3.05) is 6.54 Å². The Morgan fingerprint density at radius 1 is 1.31 bits per heavy atom.